The van der Waals surface area contributed by atoms with Crippen molar-refractivity contribution in [3.8, 4) is 11.1 Å². The summed E-state index contributed by atoms with van der Waals surface area (Å²) in [5.41, 5.74) is 7.50. The van der Waals surface area contributed by atoms with E-state index in [0.29, 0.717) is 39.0 Å². The van der Waals surface area contributed by atoms with Crippen molar-refractivity contribution in [1.82, 2.24) is 15.7 Å². The molecule has 0 unspecified atom stereocenters. The Morgan fingerprint density at radius 1 is 0.837 bits per heavy atom. The van der Waals surface area contributed by atoms with Crippen LogP contribution in [0.15, 0.2) is 72.8 Å². The van der Waals surface area contributed by atoms with Crippen LogP contribution in [-0.4, -0.2) is 71.8 Å². The number of piperidine rings is 1. The zero-order valence-corrected chi connectivity index (χ0v) is 27.9. The summed E-state index contributed by atoms with van der Waals surface area (Å²) in [7, 11) is 0. The average Bonchev–Trinajstić information content (AvgIpc) is 3.61. The first-order valence-corrected chi connectivity index (χ1v) is 17.3. The molecule has 3 atom stereocenters. The van der Waals surface area contributed by atoms with Gasteiger partial charge >= 0.3 is 0 Å². The Labute approximate surface area is 287 Å². The summed E-state index contributed by atoms with van der Waals surface area (Å²) in [5.74, 6) is -0.947. The van der Waals surface area contributed by atoms with Gasteiger partial charge in [-0.2, -0.15) is 0 Å². The van der Waals surface area contributed by atoms with Crippen LogP contribution in [0.2, 0.25) is 0 Å². The van der Waals surface area contributed by atoms with Crippen LogP contribution in [0.5, 0.6) is 0 Å². The van der Waals surface area contributed by atoms with Crippen LogP contribution in [0.3, 0.4) is 0 Å². The van der Waals surface area contributed by atoms with Gasteiger partial charge in [0.25, 0.3) is 0 Å². The minimum atomic E-state index is -0.550. The van der Waals surface area contributed by atoms with Gasteiger partial charge in [0.05, 0.1) is 32.0 Å². The van der Waals surface area contributed by atoms with Crippen LogP contribution in [0, 0.1) is 0 Å². The molecule has 4 N–H and O–H groups in total. The number of likely N-dealkylation sites (tertiary alicyclic amines) is 1. The Kier molecular flexibility index (Phi) is 12.1. The average molecular weight is 674 g/mol. The van der Waals surface area contributed by atoms with Gasteiger partial charge in [-0.05, 0) is 40.7 Å². The van der Waals surface area contributed by atoms with E-state index in [1.807, 2.05) is 60.7 Å². The van der Waals surface area contributed by atoms with Crippen molar-refractivity contribution < 1.29 is 38.9 Å². The summed E-state index contributed by atoms with van der Waals surface area (Å²) in [4.78, 5) is 26.1. The lowest BCUT2D eigenvalue weighted by Gasteiger charge is -2.41. The van der Waals surface area contributed by atoms with Gasteiger partial charge in [-0.3, -0.25) is 14.8 Å². The van der Waals surface area contributed by atoms with E-state index in [2.05, 4.69) is 22.3 Å². The van der Waals surface area contributed by atoms with Crippen LogP contribution in [0.25, 0.3) is 11.1 Å². The molecule has 3 heterocycles. The van der Waals surface area contributed by atoms with Gasteiger partial charge in [-0.25, -0.2) is 5.48 Å². The third-order valence-electron chi connectivity index (χ3n) is 9.68. The Morgan fingerprint density at radius 3 is 2.20 bits per heavy atom. The number of nitrogens with zero attached hydrogens (tertiary/aromatic N) is 1. The van der Waals surface area contributed by atoms with Gasteiger partial charge < -0.3 is 34.3 Å². The maximum absolute atomic E-state index is 12.5. The minimum absolute atomic E-state index is 0.000710. The number of carbonyl (C=O) groups excluding carboxylic acids is 2. The molecule has 11 heteroatoms. The highest BCUT2D eigenvalue weighted by atomic mass is 16.7. The second kappa shape index (κ2) is 16.8. The molecule has 3 aliphatic heterocycles. The second-order valence-electron chi connectivity index (χ2n) is 13.1. The molecule has 11 nitrogen and oxygen atoms in total. The van der Waals surface area contributed by atoms with E-state index in [4.69, 9.17) is 24.2 Å². The van der Waals surface area contributed by atoms with Crippen LogP contribution >= 0.6 is 0 Å². The number of unbranched alkanes of at least 4 members (excludes halogenated alkanes) is 1. The van der Waals surface area contributed by atoms with Gasteiger partial charge in [0.15, 0.2) is 12.1 Å². The molecule has 1 spiro atoms. The third-order valence-corrected chi connectivity index (χ3v) is 9.68. The van der Waals surface area contributed by atoms with Gasteiger partial charge in [0.1, 0.15) is 0 Å². The monoisotopic (exact) mass is 673 g/mol. The maximum atomic E-state index is 12.5. The van der Waals surface area contributed by atoms with Crippen molar-refractivity contribution in [3.05, 3.63) is 95.1 Å². The molecular weight excluding hydrogens is 626 g/mol. The summed E-state index contributed by atoms with van der Waals surface area (Å²) < 4.78 is 25.1. The number of benzene rings is 3. The van der Waals surface area contributed by atoms with Crippen molar-refractivity contribution in [2.45, 2.75) is 82.4 Å². The van der Waals surface area contributed by atoms with Crippen LogP contribution in [-0.2, 0) is 41.7 Å². The topological polar surface area (TPSA) is 139 Å². The van der Waals surface area contributed by atoms with Crippen LogP contribution in [0.4, 0.5) is 0 Å². The van der Waals surface area contributed by atoms with Crippen LogP contribution < -0.4 is 10.8 Å². The molecule has 3 aromatic rings. The van der Waals surface area contributed by atoms with E-state index in [1.165, 1.54) is 0 Å². The van der Waals surface area contributed by atoms with E-state index >= 15 is 0 Å². The number of carbonyl (C=O) groups is 2. The fourth-order valence-corrected chi connectivity index (χ4v) is 6.87. The number of amides is 2. The van der Waals surface area contributed by atoms with Crippen LogP contribution in [0.1, 0.15) is 79.6 Å². The van der Waals surface area contributed by atoms with Crippen molar-refractivity contribution in [1.29, 1.82) is 0 Å². The van der Waals surface area contributed by atoms with Crippen molar-refractivity contribution in [3.63, 3.8) is 0 Å². The molecule has 262 valence electrons. The van der Waals surface area contributed by atoms with E-state index in [0.717, 1.165) is 72.3 Å². The molecular formula is C38H47N3O8. The molecule has 3 aromatic carbocycles. The van der Waals surface area contributed by atoms with E-state index < -0.39 is 18.0 Å². The number of hydrogen-bond donors (Lipinski definition) is 4. The summed E-state index contributed by atoms with van der Waals surface area (Å²) >= 11 is 0. The molecule has 6 rings (SSSR count). The largest absolute Gasteiger partial charge is 0.392 e. The van der Waals surface area contributed by atoms with Gasteiger partial charge in [-0.15, -0.1) is 0 Å². The molecule has 0 aromatic heterocycles. The number of hydroxylamine groups is 1. The molecule has 0 bridgehead atoms. The van der Waals surface area contributed by atoms with Crippen molar-refractivity contribution in [2.24, 2.45) is 0 Å². The number of nitrogens with one attached hydrogen (secondary N) is 2. The molecule has 3 saturated heterocycles. The zero-order chi connectivity index (χ0) is 34.1. The number of aliphatic hydroxyl groups excluding tert-OH is 1. The minimum Gasteiger partial charge on any atom is -0.392 e. The fraction of sp³-hybridized carbons (Fsp3) is 0.474. The summed E-state index contributed by atoms with van der Waals surface area (Å²) in [5, 5.41) is 21.2. The Hall–Kier alpha value is -3.68. The zero-order valence-electron chi connectivity index (χ0n) is 27.9. The normalized spacial score (nSPS) is 22.2. The Balaban J connectivity index is 1.11. The van der Waals surface area contributed by atoms with E-state index in [1.54, 1.807) is 5.48 Å². The van der Waals surface area contributed by atoms with Gasteiger partial charge in [0, 0.05) is 63.8 Å². The quantitative estimate of drug-likeness (QED) is 0.113. The number of rotatable bonds is 13. The molecule has 0 aliphatic carbocycles. The Morgan fingerprint density at radius 2 is 1.51 bits per heavy atom. The van der Waals surface area contributed by atoms with E-state index in [-0.39, 0.29) is 31.1 Å². The lowest BCUT2D eigenvalue weighted by molar-refractivity contribution is -0.255. The van der Waals surface area contributed by atoms with Gasteiger partial charge in [0.2, 0.25) is 11.8 Å². The lowest BCUT2D eigenvalue weighted by atomic mass is 9.97. The molecule has 0 saturated carbocycles. The first-order valence-electron chi connectivity index (χ1n) is 17.3. The Bertz CT molecular complexity index is 1520. The van der Waals surface area contributed by atoms with E-state index in [9.17, 15) is 14.7 Å². The molecule has 49 heavy (non-hydrogen) atoms. The van der Waals surface area contributed by atoms with Crippen molar-refractivity contribution >= 4 is 11.8 Å². The predicted molar refractivity (Wildman–Crippen MR) is 181 cm³/mol. The number of ether oxygens (including phenoxy) is 4. The highest BCUT2D eigenvalue weighted by Gasteiger charge is 2.41. The first kappa shape index (κ1) is 35.2. The predicted octanol–water partition coefficient (Wildman–Crippen LogP) is 4.91. The number of aliphatic hydroxyl groups is 1. The van der Waals surface area contributed by atoms with Gasteiger partial charge in [-0.1, -0.05) is 72.8 Å². The molecule has 0 radical (unpaired) electrons. The summed E-state index contributed by atoms with van der Waals surface area (Å²) in [6.45, 7) is 4.28. The molecule has 2 amide bonds. The smallest absolute Gasteiger partial charge is 0.243 e. The van der Waals surface area contributed by atoms with Crippen molar-refractivity contribution in [2.75, 3.05) is 32.8 Å². The lowest BCUT2D eigenvalue weighted by Crippen LogP contribution is -2.48. The highest BCUT2D eigenvalue weighted by Crippen LogP contribution is 2.39. The fourth-order valence-electron chi connectivity index (χ4n) is 6.87. The SMILES string of the molecule is O=C(CCCCC(=O)NCc1ccccc1-c1ccc([C@H]2O[C@@H](CN3CCC4(CC3)OCCO4)C[C@@H](c3ccc(CO)cc3)O2)cc1)NO. The highest BCUT2D eigenvalue weighted by molar-refractivity contribution is 5.77. The third kappa shape index (κ3) is 9.31. The maximum Gasteiger partial charge on any atom is 0.243 e. The summed E-state index contributed by atoms with van der Waals surface area (Å²) in [6.07, 6.45) is 3.25. The standard InChI is InChI=1S/C38H47N3O8/c42-26-27-9-11-29(12-10-27)34-23-32(25-41-19-17-38(18-20-41)46-21-22-47-38)48-37(49-34)30-15-13-28(14-16-30)33-6-2-1-5-31(33)24-39-35(43)7-3-4-8-36(44)40-45/h1-2,5-6,9-16,32,34,37,42,45H,3-4,7-8,17-26H2,(H,39,43)(H,40,44)/t32-,34+,37+/m1/s1. The molecule has 3 fully saturated rings. The summed E-state index contributed by atoms with van der Waals surface area (Å²) in [6, 6.07) is 24.2. The molecule has 3 aliphatic rings. The number of hydrogen-bond acceptors (Lipinski definition) is 9. The second-order valence-corrected chi connectivity index (χ2v) is 13.1. The first-order chi connectivity index (χ1) is 23.9.